The van der Waals surface area contributed by atoms with E-state index < -0.39 is 0 Å². The van der Waals surface area contributed by atoms with E-state index >= 15 is 0 Å². The molecule has 1 aromatic heterocycles. The van der Waals surface area contributed by atoms with Crippen molar-refractivity contribution in [2.75, 3.05) is 18.4 Å². The lowest BCUT2D eigenvalue weighted by atomic mass is 10.1. The van der Waals surface area contributed by atoms with E-state index in [0.717, 1.165) is 37.0 Å². The molecule has 1 saturated heterocycles. The predicted octanol–water partition coefficient (Wildman–Crippen LogP) is 3.69. The van der Waals surface area contributed by atoms with Gasteiger partial charge in [-0.3, -0.25) is 9.59 Å². The number of nitrogens with zero attached hydrogens (tertiary/aromatic N) is 3. The molecule has 2 aromatic carbocycles. The number of likely N-dealkylation sites (tertiary alicyclic amines) is 1. The second kappa shape index (κ2) is 8.25. The zero-order valence-electron chi connectivity index (χ0n) is 15.8. The Morgan fingerprint density at radius 1 is 0.964 bits per heavy atom. The molecule has 6 heteroatoms. The van der Waals surface area contributed by atoms with Crippen LogP contribution in [0.15, 0.2) is 54.9 Å². The molecule has 1 fully saturated rings. The molecule has 3 aromatic rings. The van der Waals surface area contributed by atoms with Crippen LogP contribution in [0.5, 0.6) is 0 Å². The zero-order valence-corrected chi connectivity index (χ0v) is 15.8. The number of carbonyl (C=O) groups excluding carboxylic acids is 2. The van der Waals surface area contributed by atoms with Crippen molar-refractivity contribution in [2.45, 2.75) is 32.2 Å². The highest BCUT2D eigenvalue weighted by atomic mass is 16.2. The number of amides is 2. The molecular weight excluding hydrogens is 352 g/mol. The van der Waals surface area contributed by atoms with E-state index in [2.05, 4.69) is 10.3 Å². The van der Waals surface area contributed by atoms with E-state index in [1.165, 1.54) is 6.42 Å². The van der Waals surface area contributed by atoms with Crippen molar-refractivity contribution in [3.8, 4) is 0 Å². The van der Waals surface area contributed by atoms with Crippen molar-refractivity contribution in [3.63, 3.8) is 0 Å². The molecule has 1 aliphatic rings. The predicted molar refractivity (Wildman–Crippen MR) is 109 cm³/mol. The normalized spacial score (nSPS) is 14.2. The van der Waals surface area contributed by atoms with Crippen molar-refractivity contribution in [2.24, 2.45) is 0 Å². The van der Waals surface area contributed by atoms with Crippen LogP contribution in [0.3, 0.4) is 0 Å². The van der Waals surface area contributed by atoms with E-state index in [4.69, 9.17) is 0 Å². The monoisotopic (exact) mass is 376 g/mol. The van der Waals surface area contributed by atoms with Crippen LogP contribution in [0.25, 0.3) is 11.0 Å². The van der Waals surface area contributed by atoms with E-state index in [0.29, 0.717) is 24.2 Å². The van der Waals surface area contributed by atoms with Crippen molar-refractivity contribution < 1.29 is 9.59 Å². The van der Waals surface area contributed by atoms with Gasteiger partial charge in [0.25, 0.3) is 5.91 Å². The highest BCUT2D eigenvalue weighted by Gasteiger charge is 2.21. The number of rotatable bonds is 5. The third kappa shape index (κ3) is 3.91. The Morgan fingerprint density at radius 3 is 2.57 bits per heavy atom. The Hall–Kier alpha value is -3.15. The molecule has 2 amide bonds. The lowest BCUT2D eigenvalue weighted by Crippen LogP contribution is -2.36. The van der Waals surface area contributed by atoms with Gasteiger partial charge in [-0.2, -0.15) is 0 Å². The molecule has 0 saturated carbocycles. The van der Waals surface area contributed by atoms with Gasteiger partial charge in [0.2, 0.25) is 5.91 Å². The number of piperidine rings is 1. The Bertz CT molecular complexity index is 989. The maximum Gasteiger partial charge on any atom is 0.255 e. The molecule has 1 N–H and O–H groups in total. The standard InChI is InChI=1S/C22H24N4O2/c27-21(12-15-26-16-23-19-10-4-5-11-20(19)26)24-18-9-3-2-8-17(18)22(28)25-13-6-1-7-14-25/h2-5,8-11,16H,1,6-7,12-15H2,(H,24,27). The first-order valence-electron chi connectivity index (χ1n) is 9.80. The van der Waals surface area contributed by atoms with Gasteiger partial charge in [0, 0.05) is 26.1 Å². The second-order valence-corrected chi connectivity index (χ2v) is 7.12. The Kier molecular flexibility index (Phi) is 5.37. The molecule has 0 spiro atoms. The third-order valence-electron chi connectivity index (χ3n) is 5.18. The summed E-state index contributed by atoms with van der Waals surface area (Å²) in [5.74, 6) is -0.118. The fourth-order valence-corrected chi connectivity index (χ4v) is 3.67. The number of nitrogens with one attached hydrogen (secondary N) is 1. The van der Waals surface area contributed by atoms with Crippen LogP contribution >= 0.6 is 0 Å². The lowest BCUT2D eigenvalue weighted by molar-refractivity contribution is -0.116. The first-order chi connectivity index (χ1) is 13.7. The molecule has 4 rings (SSSR count). The smallest absolute Gasteiger partial charge is 0.255 e. The third-order valence-corrected chi connectivity index (χ3v) is 5.18. The summed E-state index contributed by atoms with van der Waals surface area (Å²) in [5.41, 5.74) is 3.07. The Balaban J connectivity index is 1.42. The zero-order chi connectivity index (χ0) is 19.3. The number of hydrogen-bond acceptors (Lipinski definition) is 3. The van der Waals surface area contributed by atoms with Gasteiger partial charge in [0.15, 0.2) is 0 Å². The maximum absolute atomic E-state index is 12.9. The van der Waals surface area contributed by atoms with Crippen molar-refractivity contribution in [1.29, 1.82) is 0 Å². The molecule has 0 radical (unpaired) electrons. The van der Waals surface area contributed by atoms with Gasteiger partial charge < -0.3 is 14.8 Å². The van der Waals surface area contributed by atoms with E-state index in [9.17, 15) is 9.59 Å². The summed E-state index contributed by atoms with van der Waals surface area (Å²) in [6.45, 7) is 2.11. The summed E-state index contributed by atoms with van der Waals surface area (Å²) >= 11 is 0. The van der Waals surface area contributed by atoms with Crippen LogP contribution in [0.1, 0.15) is 36.0 Å². The van der Waals surface area contributed by atoms with Crippen LogP contribution in [0, 0.1) is 0 Å². The number of fused-ring (bicyclic) bond motifs is 1. The van der Waals surface area contributed by atoms with E-state index in [1.807, 2.05) is 45.9 Å². The molecule has 1 aliphatic heterocycles. The van der Waals surface area contributed by atoms with E-state index in [-0.39, 0.29) is 11.8 Å². The topological polar surface area (TPSA) is 67.2 Å². The van der Waals surface area contributed by atoms with Crippen LogP contribution in [0.4, 0.5) is 5.69 Å². The van der Waals surface area contributed by atoms with Crippen LogP contribution in [-0.4, -0.2) is 39.4 Å². The van der Waals surface area contributed by atoms with Crippen molar-refractivity contribution >= 4 is 28.5 Å². The van der Waals surface area contributed by atoms with Crippen molar-refractivity contribution in [1.82, 2.24) is 14.5 Å². The first kappa shape index (κ1) is 18.2. The highest BCUT2D eigenvalue weighted by Crippen LogP contribution is 2.20. The molecule has 0 bridgehead atoms. The minimum atomic E-state index is -0.114. The average Bonchev–Trinajstić information content (AvgIpc) is 3.16. The summed E-state index contributed by atoms with van der Waals surface area (Å²) in [6.07, 6.45) is 5.32. The van der Waals surface area contributed by atoms with Crippen molar-refractivity contribution in [3.05, 3.63) is 60.4 Å². The minimum Gasteiger partial charge on any atom is -0.339 e. The molecule has 144 valence electrons. The average molecular weight is 376 g/mol. The van der Waals surface area contributed by atoms with Crippen LogP contribution in [0.2, 0.25) is 0 Å². The highest BCUT2D eigenvalue weighted by molar-refractivity contribution is 6.03. The lowest BCUT2D eigenvalue weighted by Gasteiger charge is -2.27. The fourth-order valence-electron chi connectivity index (χ4n) is 3.67. The summed E-state index contributed by atoms with van der Waals surface area (Å²) < 4.78 is 1.97. The number of imidazole rings is 1. The van der Waals surface area contributed by atoms with Gasteiger partial charge in [-0.25, -0.2) is 4.98 Å². The van der Waals surface area contributed by atoms with E-state index in [1.54, 1.807) is 18.5 Å². The number of hydrogen-bond donors (Lipinski definition) is 1. The number of anilines is 1. The summed E-state index contributed by atoms with van der Waals surface area (Å²) in [7, 11) is 0. The Labute approximate surface area is 164 Å². The van der Waals surface area contributed by atoms with Crippen LogP contribution in [-0.2, 0) is 11.3 Å². The number of aryl methyl sites for hydroxylation is 1. The maximum atomic E-state index is 12.9. The Morgan fingerprint density at radius 2 is 1.71 bits per heavy atom. The van der Waals surface area contributed by atoms with Gasteiger partial charge in [0.05, 0.1) is 28.6 Å². The summed E-state index contributed by atoms with van der Waals surface area (Å²) in [6, 6.07) is 15.1. The molecular formula is C22H24N4O2. The van der Waals surface area contributed by atoms with Gasteiger partial charge >= 0.3 is 0 Å². The number of benzene rings is 2. The second-order valence-electron chi connectivity index (χ2n) is 7.12. The molecule has 0 atom stereocenters. The quantitative estimate of drug-likeness (QED) is 0.738. The minimum absolute atomic E-state index is 0.00352. The van der Waals surface area contributed by atoms with Crippen LogP contribution < -0.4 is 5.32 Å². The number of aromatic nitrogens is 2. The number of para-hydroxylation sites is 3. The molecule has 2 heterocycles. The van der Waals surface area contributed by atoms with Gasteiger partial charge in [0.1, 0.15) is 0 Å². The fraction of sp³-hybridized carbons (Fsp3) is 0.318. The summed E-state index contributed by atoms with van der Waals surface area (Å²) in [5, 5.41) is 2.92. The largest absolute Gasteiger partial charge is 0.339 e. The molecule has 28 heavy (non-hydrogen) atoms. The first-order valence-corrected chi connectivity index (χ1v) is 9.80. The molecule has 6 nitrogen and oxygen atoms in total. The molecule has 0 unspecified atom stereocenters. The van der Waals surface area contributed by atoms with Gasteiger partial charge in [-0.05, 0) is 43.5 Å². The van der Waals surface area contributed by atoms with Gasteiger partial charge in [-0.1, -0.05) is 24.3 Å². The number of carbonyl (C=O) groups is 2. The van der Waals surface area contributed by atoms with Gasteiger partial charge in [-0.15, -0.1) is 0 Å². The molecule has 0 aliphatic carbocycles. The SMILES string of the molecule is O=C(CCn1cnc2ccccc21)Nc1ccccc1C(=O)N1CCCCC1. The summed E-state index contributed by atoms with van der Waals surface area (Å²) in [4.78, 5) is 31.6.